The van der Waals surface area contributed by atoms with E-state index >= 15 is 0 Å². The fraction of sp³-hybridized carbons (Fsp3) is 0.700. The van der Waals surface area contributed by atoms with Gasteiger partial charge in [0.1, 0.15) is 5.82 Å². The van der Waals surface area contributed by atoms with Crippen molar-refractivity contribution in [3.05, 3.63) is 0 Å². The second-order valence-corrected chi connectivity index (χ2v) is 6.71. The number of nitrogens with zero attached hydrogens (tertiary/aromatic N) is 3. The Labute approximate surface area is 107 Å². The molecule has 0 aliphatic carbocycles. The van der Waals surface area contributed by atoms with Gasteiger partial charge in [-0.3, -0.25) is 0 Å². The molecule has 1 aromatic heterocycles. The highest BCUT2D eigenvalue weighted by atomic mass is 32.2. The van der Waals surface area contributed by atoms with Crippen molar-refractivity contribution < 1.29 is 8.42 Å². The third-order valence-electron chi connectivity index (χ3n) is 3.24. The van der Waals surface area contributed by atoms with Crippen LogP contribution in [0.4, 0.5) is 11.6 Å². The number of hydrogen-bond donors (Lipinski definition) is 2. The molecule has 1 fully saturated rings. The lowest BCUT2D eigenvalue weighted by atomic mass is 10.1. The zero-order valence-electron chi connectivity index (χ0n) is 10.6. The van der Waals surface area contributed by atoms with Crippen LogP contribution >= 0.6 is 0 Å². The Kier molecular flexibility index (Phi) is 3.24. The van der Waals surface area contributed by atoms with Gasteiger partial charge in [0.15, 0.2) is 20.6 Å². The van der Waals surface area contributed by atoms with E-state index in [4.69, 9.17) is 11.5 Å². The van der Waals surface area contributed by atoms with Gasteiger partial charge in [0.2, 0.25) is 0 Å². The van der Waals surface area contributed by atoms with Gasteiger partial charge >= 0.3 is 0 Å². The lowest BCUT2D eigenvalue weighted by Crippen LogP contribution is -2.40. The summed E-state index contributed by atoms with van der Waals surface area (Å²) in [5, 5.41) is 4.22. The van der Waals surface area contributed by atoms with Crippen LogP contribution in [0, 0.1) is 0 Å². The maximum atomic E-state index is 11.8. The van der Waals surface area contributed by atoms with Crippen LogP contribution in [0.5, 0.6) is 0 Å². The topological polar surface area (TPSA) is 107 Å². The molecule has 18 heavy (non-hydrogen) atoms. The Bertz CT molecular complexity index is 543. The number of sulfone groups is 1. The molecule has 0 saturated carbocycles. The first-order chi connectivity index (χ1) is 8.30. The van der Waals surface area contributed by atoms with Crippen molar-refractivity contribution >= 4 is 21.5 Å². The molecule has 4 N–H and O–H groups in total. The van der Waals surface area contributed by atoms with E-state index in [2.05, 4.69) is 5.10 Å². The van der Waals surface area contributed by atoms with E-state index in [1.807, 2.05) is 4.90 Å². The summed E-state index contributed by atoms with van der Waals surface area (Å²) in [7, 11) is -1.75. The van der Waals surface area contributed by atoms with Gasteiger partial charge in [0.25, 0.3) is 0 Å². The third kappa shape index (κ3) is 2.30. The monoisotopic (exact) mass is 273 g/mol. The minimum atomic E-state index is -3.39. The number of anilines is 2. The summed E-state index contributed by atoms with van der Waals surface area (Å²) in [6, 6.07) is 0.184. The molecular formula is C10H19N5O2S. The Morgan fingerprint density at radius 2 is 1.89 bits per heavy atom. The van der Waals surface area contributed by atoms with Gasteiger partial charge in [-0.2, -0.15) is 5.10 Å². The van der Waals surface area contributed by atoms with Gasteiger partial charge in [-0.05, 0) is 12.8 Å². The highest BCUT2D eigenvalue weighted by molar-refractivity contribution is 7.91. The second kappa shape index (κ2) is 4.43. The molecule has 1 aliphatic heterocycles. The fourth-order valence-electron chi connectivity index (χ4n) is 2.18. The molecule has 0 unspecified atom stereocenters. The highest BCUT2D eigenvalue weighted by Gasteiger charge is 2.28. The van der Waals surface area contributed by atoms with E-state index in [0.717, 1.165) is 19.1 Å². The van der Waals surface area contributed by atoms with Crippen LogP contribution in [0.3, 0.4) is 0 Å². The van der Waals surface area contributed by atoms with Gasteiger partial charge < -0.3 is 16.4 Å². The number of aryl methyl sites for hydroxylation is 1. The van der Waals surface area contributed by atoms with Crippen molar-refractivity contribution in [1.82, 2.24) is 9.78 Å². The van der Waals surface area contributed by atoms with Gasteiger partial charge in [-0.15, -0.1) is 0 Å². The van der Waals surface area contributed by atoms with Crippen molar-refractivity contribution in [1.29, 1.82) is 0 Å². The van der Waals surface area contributed by atoms with Gasteiger partial charge in [-0.1, -0.05) is 0 Å². The lowest BCUT2D eigenvalue weighted by Gasteiger charge is -2.30. The quantitative estimate of drug-likeness (QED) is 0.740. The normalized spacial score (nSPS) is 18.3. The predicted molar refractivity (Wildman–Crippen MR) is 70.2 cm³/mol. The van der Waals surface area contributed by atoms with Gasteiger partial charge in [-0.25, -0.2) is 13.1 Å². The van der Waals surface area contributed by atoms with E-state index in [0.29, 0.717) is 18.9 Å². The summed E-state index contributed by atoms with van der Waals surface area (Å²) in [5.41, 5.74) is 11.6. The third-order valence-corrected chi connectivity index (χ3v) is 4.37. The Hall–Kier alpha value is -1.28. The molecule has 0 aromatic carbocycles. The Balaban J connectivity index is 2.42. The smallest absolute Gasteiger partial charge is 0.182 e. The van der Waals surface area contributed by atoms with Crippen LogP contribution in [-0.4, -0.2) is 43.6 Å². The molecule has 0 atom stereocenters. The summed E-state index contributed by atoms with van der Waals surface area (Å²) >= 11 is 0. The molecule has 0 radical (unpaired) electrons. The lowest BCUT2D eigenvalue weighted by molar-refractivity contribution is 0.495. The van der Waals surface area contributed by atoms with Crippen molar-refractivity contribution in [3.63, 3.8) is 0 Å². The maximum Gasteiger partial charge on any atom is 0.182 e. The van der Waals surface area contributed by atoms with Crippen LogP contribution in [0.2, 0.25) is 0 Å². The van der Waals surface area contributed by atoms with Crippen molar-refractivity contribution in [2.45, 2.75) is 23.8 Å². The van der Waals surface area contributed by atoms with Gasteiger partial charge in [0.05, 0.1) is 0 Å². The Morgan fingerprint density at radius 3 is 2.39 bits per heavy atom. The van der Waals surface area contributed by atoms with Crippen LogP contribution < -0.4 is 16.4 Å². The molecule has 0 bridgehead atoms. The van der Waals surface area contributed by atoms with Crippen LogP contribution in [0.1, 0.15) is 12.8 Å². The molecule has 0 amide bonds. The summed E-state index contributed by atoms with van der Waals surface area (Å²) in [6.45, 7) is 1.42. The summed E-state index contributed by atoms with van der Waals surface area (Å²) in [5.74, 6) is 0.631. The first-order valence-electron chi connectivity index (χ1n) is 5.83. The molecule has 1 aromatic rings. The largest absolute Gasteiger partial charge is 0.383 e. The minimum absolute atomic E-state index is 0.125. The molecule has 102 valence electrons. The van der Waals surface area contributed by atoms with Crippen molar-refractivity contribution in [2.75, 3.05) is 30.0 Å². The first kappa shape index (κ1) is 13.2. The van der Waals surface area contributed by atoms with Crippen LogP contribution in [-0.2, 0) is 16.9 Å². The average molecular weight is 273 g/mol. The minimum Gasteiger partial charge on any atom is -0.383 e. The molecule has 7 nitrogen and oxygen atoms in total. The van der Waals surface area contributed by atoms with Crippen molar-refractivity contribution in [2.24, 2.45) is 12.8 Å². The maximum absolute atomic E-state index is 11.8. The highest BCUT2D eigenvalue weighted by Crippen LogP contribution is 2.30. The second-order valence-electron chi connectivity index (χ2n) is 4.76. The molecule has 0 spiro atoms. The number of nitrogens with two attached hydrogens (primary N) is 2. The molecule has 2 rings (SSSR count). The average Bonchev–Trinajstić information content (AvgIpc) is 2.56. The summed E-state index contributed by atoms with van der Waals surface area (Å²) in [4.78, 5) is 2.07. The first-order valence-corrected chi connectivity index (χ1v) is 7.73. The molecule has 1 aliphatic rings. The van der Waals surface area contributed by atoms with E-state index in [1.54, 1.807) is 7.05 Å². The Morgan fingerprint density at radius 1 is 1.33 bits per heavy atom. The summed E-state index contributed by atoms with van der Waals surface area (Å²) < 4.78 is 25.0. The number of rotatable bonds is 2. The summed E-state index contributed by atoms with van der Waals surface area (Å²) in [6.07, 6.45) is 2.82. The SMILES string of the molecule is Cn1nc(N2CCC(N)CC2)c(S(C)(=O)=O)c1N. The standard InChI is InChI=1S/C10H19N5O2S/c1-14-9(12)8(18(2,16)17)10(13-14)15-5-3-7(11)4-6-15/h7H,3-6,11-12H2,1-2H3. The van der Waals surface area contributed by atoms with Crippen LogP contribution in [0.15, 0.2) is 4.90 Å². The van der Waals surface area contributed by atoms with Crippen LogP contribution in [0.25, 0.3) is 0 Å². The van der Waals surface area contributed by atoms with E-state index in [-0.39, 0.29) is 16.8 Å². The molecule has 2 heterocycles. The van der Waals surface area contributed by atoms with Crippen molar-refractivity contribution in [3.8, 4) is 0 Å². The molecular weight excluding hydrogens is 254 g/mol. The number of hydrogen-bond acceptors (Lipinski definition) is 6. The van der Waals surface area contributed by atoms with E-state index in [1.165, 1.54) is 4.68 Å². The predicted octanol–water partition coefficient (Wildman–Crippen LogP) is -0.667. The molecule has 1 saturated heterocycles. The van der Waals surface area contributed by atoms with E-state index < -0.39 is 9.84 Å². The van der Waals surface area contributed by atoms with E-state index in [9.17, 15) is 8.42 Å². The zero-order valence-corrected chi connectivity index (χ0v) is 11.4. The molecule has 8 heteroatoms. The number of piperidine rings is 1. The number of nitrogen functional groups attached to an aromatic ring is 1. The van der Waals surface area contributed by atoms with Gasteiger partial charge in [0, 0.05) is 32.4 Å². The zero-order chi connectivity index (χ0) is 13.5. The number of aromatic nitrogens is 2. The fourth-order valence-corrected chi connectivity index (χ4v) is 3.19.